The molecular formula is C15H17N. The Morgan fingerprint density at radius 3 is 3.06 bits per heavy atom. The highest BCUT2D eigenvalue weighted by Crippen LogP contribution is 2.43. The second kappa shape index (κ2) is 3.94. The molecule has 2 atom stereocenters. The Balaban J connectivity index is 2.00. The number of nitriles is 1. The lowest BCUT2D eigenvalue weighted by Gasteiger charge is -2.35. The van der Waals surface area contributed by atoms with Crippen molar-refractivity contribution in [3.8, 4) is 6.07 Å². The van der Waals surface area contributed by atoms with E-state index in [0.29, 0.717) is 5.92 Å². The van der Waals surface area contributed by atoms with Gasteiger partial charge in [0.15, 0.2) is 0 Å². The van der Waals surface area contributed by atoms with Crippen LogP contribution in [-0.4, -0.2) is 0 Å². The minimum Gasteiger partial charge on any atom is -0.198 e. The third-order valence-electron chi connectivity index (χ3n) is 4.20. The zero-order valence-corrected chi connectivity index (χ0v) is 9.58. The normalized spacial score (nSPS) is 26.9. The molecule has 0 amide bonds. The first-order valence-electron chi connectivity index (χ1n) is 6.36. The Hall–Kier alpha value is -1.29. The van der Waals surface area contributed by atoms with Crippen molar-refractivity contribution in [1.29, 1.82) is 5.26 Å². The standard InChI is InChI=1S/C15H17N/c16-8-7-11-9-13-5-1-3-12-4-2-6-14(10-11)15(12)13/h1,3,5,11,14H,2,4,6-7,9-10H2. The van der Waals surface area contributed by atoms with Gasteiger partial charge in [-0.1, -0.05) is 18.2 Å². The molecule has 2 unspecified atom stereocenters. The molecule has 82 valence electrons. The Kier molecular flexibility index (Phi) is 2.44. The van der Waals surface area contributed by atoms with E-state index in [4.69, 9.17) is 5.26 Å². The van der Waals surface area contributed by atoms with Crippen LogP contribution < -0.4 is 0 Å². The number of benzene rings is 1. The van der Waals surface area contributed by atoms with Crippen LogP contribution in [0.15, 0.2) is 18.2 Å². The van der Waals surface area contributed by atoms with Gasteiger partial charge in [-0.15, -0.1) is 0 Å². The van der Waals surface area contributed by atoms with Gasteiger partial charge in [0.25, 0.3) is 0 Å². The highest BCUT2D eigenvalue weighted by atomic mass is 14.4. The lowest BCUT2D eigenvalue weighted by atomic mass is 9.69. The fourth-order valence-corrected chi connectivity index (χ4v) is 3.59. The lowest BCUT2D eigenvalue weighted by molar-refractivity contribution is 0.375. The van der Waals surface area contributed by atoms with Gasteiger partial charge in [0.1, 0.15) is 0 Å². The molecule has 0 radical (unpaired) electrons. The fourth-order valence-electron chi connectivity index (χ4n) is 3.59. The molecule has 0 saturated carbocycles. The molecule has 1 nitrogen and oxygen atoms in total. The van der Waals surface area contributed by atoms with E-state index in [1.807, 2.05) is 0 Å². The molecule has 1 heteroatoms. The fraction of sp³-hybridized carbons (Fsp3) is 0.533. The minimum absolute atomic E-state index is 0.607. The summed E-state index contributed by atoms with van der Waals surface area (Å²) in [6, 6.07) is 9.12. The lowest BCUT2D eigenvalue weighted by Crippen LogP contribution is -2.22. The molecule has 1 aromatic rings. The summed E-state index contributed by atoms with van der Waals surface area (Å²) in [7, 11) is 0. The van der Waals surface area contributed by atoms with Crippen molar-refractivity contribution in [2.24, 2.45) is 5.92 Å². The Bertz CT molecular complexity index is 441. The predicted molar refractivity (Wildman–Crippen MR) is 64.2 cm³/mol. The first kappa shape index (κ1) is 9.90. The van der Waals surface area contributed by atoms with Crippen LogP contribution in [0.3, 0.4) is 0 Å². The van der Waals surface area contributed by atoms with Gasteiger partial charge in [-0.25, -0.2) is 0 Å². The van der Waals surface area contributed by atoms with Crippen molar-refractivity contribution >= 4 is 0 Å². The van der Waals surface area contributed by atoms with Crippen molar-refractivity contribution in [3.05, 3.63) is 34.9 Å². The van der Waals surface area contributed by atoms with Crippen LogP contribution >= 0.6 is 0 Å². The molecule has 0 N–H and O–H groups in total. The van der Waals surface area contributed by atoms with Crippen molar-refractivity contribution in [2.45, 2.75) is 44.4 Å². The van der Waals surface area contributed by atoms with E-state index < -0.39 is 0 Å². The number of nitrogens with zero attached hydrogens (tertiary/aromatic N) is 1. The highest BCUT2D eigenvalue weighted by Gasteiger charge is 2.30. The second-order valence-corrected chi connectivity index (χ2v) is 5.25. The molecule has 0 aromatic heterocycles. The van der Waals surface area contributed by atoms with Crippen molar-refractivity contribution < 1.29 is 0 Å². The first-order chi connectivity index (χ1) is 7.88. The largest absolute Gasteiger partial charge is 0.198 e. The third kappa shape index (κ3) is 1.53. The van der Waals surface area contributed by atoms with Gasteiger partial charge in [0, 0.05) is 6.42 Å². The van der Waals surface area contributed by atoms with E-state index in [1.165, 1.54) is 31.2 Å². The Labute approximate surface area is 97.1 Å². The van der Waals surface area contributed by atoms with Gasteiger partial charge in [-0.2, -0.15) is 5.26 Å². The third-order valence-corrected chi connectivity index (χ3v) is 4.20. The quantitative estimate of drug-likeness (QED) is 0.696. The average molecular weight is 211 g/mol. The van der Waals surface area contributed by atoms with E-state index >= 15 is 0 Å². The smallest absolute Gasteiger partial charge is 0.0624 e. The summed E-state index contributed by atoms with van der Waals surface area (Å²) in [4.78, 5) is 0. The summed E-state index contributed by atoms with van der Waals surface area (Å²) in [6.45, 7) is 0. The van der Waals surface area contributed by atoms with Crippen LogP contribution in [0.4, 0.5) is 0 Å². The maximum atomic E-state index is 8.84. The van der Waals surface area contributed by atoms with Gasteiger partial charge < -0.3 is 0 Å². The molecule has 0 spiro atoms. The molecule has 0 bridgehead atoms. The molecule has 2 aliphatic carbocycles. The highest BCUT2D eigenvalue weighted by molar-refractivity contribution is 5.41. The van der Waals surface area contributed by atoms with E-state index in [9.17, 15) is 0 Å². The van der Waals surface area contributed by atoms with Gasteiger partial charge >= 0.3 is 0 Å². The monoisotopic (exact) mass is 211 g/mol. The number of aryl methyl sites for hydroxylation is 1. The molecule has 0 aliphatic heterocycles. The zero-order valence-electron chi connectivity index (χ0n) is 9.58. The predicted octanol–water partition coefficient (Wildman–Crippen LogP) is 3.58. The Morgan fingerprint density at radius 1 is 1.31 bits per heavy atom. The average Bonchev–Trinajstić information content (AvgIpc) is 2.30. The first-order valence-corrected chi connectivity index (χ1v) is 6.36. The van der Waals surface area contributed by atoms with Gasteiger partial charge in [-0.05, 0) is 60.6 Å². The molecule has 2 aliphatic rings. The number of rotatable bonds is 1. The summed E-state index contributed by atoms with van der Waals surface area (Å²) in [5, 5.41) is 8.84. The van der Waals surface area contributed by atoms with Crippen molar-refractivity contribution in [1.82, 2.24) is 0 Å². The molecule has 0 fully saturated rings. The maximum absolute atomic E-state index is 8.84. The van der Waals surface area contributed by atoms with Crippen LogP contribution in [0.25, 0.3) is 0 Å². The summed E-state index contributed by atoms with van der Waals surface area (Å²) in [6.07, 6.45) is 7.06. The van der Waals surface area contributed by atoms with E-state index in [0.717, 1.165) is 18.8 Å². The second-order valence-electron chi connectivity index (χ2n) is 5.25. The van der Waals surface area contributed by atoms with Crippen molar-refractivity contribution in [3.63, 3.8) is 0 Å². The summed E-state index contributed by atoms with van der Waals surface area (Å²) < 4.78 is 0. The molecule has 16 heavy (non-hydrogen) atoms. The summed E-state index contributed by atoms with van der Waals surface area (Å²) in [5.41, 5.74) is 4.78. The molecule has 0 heterocycles. The topological polar surface area (TPSA) is 23.8 Å². The van der Waals surface area contributed by atoms with Gasteiger partial charge in [0.05, 0.1) is 6.07 Å². The van der Waals surface area contributed by atoms with Gasteiger partial charge in [-0.3, -0.25) is 0 Å². The molecular weight excluding hydrogens is 194 g/mol. The Morgan fingerprint density at radius 2 is 2.19 bits per heavy atom. The van der Waals surface area contributed by atoms with E-state index in [2.05, 4.69) is 24.3 Å². The molecule has 3 rings (SSSR count). The van der Waals surface area contributed by atoms with E-state index in [-0.39, 0.29) is 0 Å². The van der Waals surface area contributed by atoms with Crippen molar-refractivity contribution in [2.75, 3.05) is 0 Å². The number of hydrogen-bond donors (Lipinski definition) is 0. The van der Waals surface area contributed by atoms with Crippen LogP contribution in [0.2, 0.25) is 0 Å². The minimum atomic E-state index is 0.607. The van der Waals surface area contributed by atoms with Gasteiger partial charge in [0.2, 0.25) is 0 Å². The maximum Gasteiger partial charge on any atom is 0.0624 e. The zero-order chi connectivity index (χ0) is 11.0. The SMILES string of the molecule is N#CCC1Cc2cccc3c2C(CCC3)C1. The molecule has 1 aromatic carbocycles. The molecule has 0 saturated heterocycles. The summed E-state index contributed by atoms with van der Waals surface area (Å²) in [5.74, 6) is 1.36. The number of hydrogen-bond acceptors (Lipinski definition) is 1. The van der Waals surface area contributed by atoms with E-state index in [1.54, 1.807) is 11.1 Å². The van der Waals surface area contributed by atoms with Crippen LogP contribution in [-0.2, 0) is 12.8 Å². The van der Waals surface area contributed by atoms with Crippen LogP contribution in [0, 0.1) is 17.2 Å². The van der Waals surface area contributed by atoms with Crippen LogP contribution in [0.5, 0.6) is 0 Å². The summed E-state index contributed by atoms with van der Waals surface area (Å²) >= 11 is 0. The van der Waals surface area contributed by atoms with Crippen LogP contribution in [0.1, 0.15) is 48.3 Å².